The van der Waals surface area contributed by atoms with Gasteiger partial charge in [0.25, 0.3) is 5.91 Å². The highest BCUT2D eigenvalue weighted by Gasteiger charge is 2.16. The molecule has 17 heavy (non-hydrogen) atoms. The summed E-state index contributed by atoms with van der Waals surface area (Å²) in [5, 5.41) is 2.19. The summed E-state index contributed by atoms with van der Waals surface area (Å²) in [5.74, 6) is -1.26. The first kappa shape index (κ1) is 11.8. The van der Waals surface area contributed by atoms with Gasteiger partial charge in [0.05, 0.1) is 0 Å². The van der Waals surface area contributed by atoms with Gasteiger partial charge in [0, 0.05) is 24.5 Å². The van der Waals surface area contributed by atoms with Crippen LogP contribution in [-0.4, -0.2) is 25.4 Å². The zero-order chi connectivity index (χ0) is 12.3. The van der Waals surface area contributed by atoms with Gasteiger partial charge in [0.15, 0.2) is 0 Å². The van der Waals surface area contributed by atoms with E-state index >= 15 is 0 Å². The van der Waals surface area contributed by atoms with E-state index in [2.05, 4.69) is 10.2 Å². The van der Waals surface area contributed by atoms with Gasteiger partial charge in [-0.15, -0.1) is 0 Å². The number of carbonyl (C=O) groups excluding carboxylic acids is 1. The van der Waals surface area contributed by atoms with Crippen LogP contribution in [0.1, 0.15) is 12.8 Å². The van der Waals surface area contributed by atoms with Crippen molar-refractivity contribution >= 4 is 17.3 Å². The van der Waals surface area contributed by atoms with Gasteiger partial charge in [0.2, 0.25) is 0 Å². The molecular weight excluding hydrogens is 226 g/mol. The summed E-state index contributed by atoms with van der Waals surface area (Å²) in [6.07, 6.45) is -0.688. The predicted octanol–water partition coefficient (Wildman–Crippen LogP) is 2.49. The van der Waals surface area contributed by atoms with Crippen molar-refractivity contribution in [3.8, 4) is 0 Å². The van der Waals surface area contributed by atoms with Crippen LogP contribution in [0.15, 0.2) is 24.3 Å². The van der Waals surface area contributed by atoms with E-state index in [0.717, 1.165) is 31.6 Å². The molecule has 2 rings (SSSR count). The molecular formula is C12H14F2N2O. The van der Waals surface area contributed by atoms with Crippen molar-refractivity contribution in [1.82, 2.24) is 0 Å². The molecule has 0 atom stereocenters. The Hall–Kier alpha value is -1.65. The zero-order valence-electron chi connectivity index (χ0n) is 9.33. The van der Waals surface area contributed by atoms with E-state index in [1.54, 1.807) is 18.2 Å². The number of anilines is 2. The van der Waals surface area contributed by atoms with E-state index in [1.165, 1.54) is 0 Å². The summed E-state index contributed by atoms with van der Waals surface area (Å²) in [5.41, 5.74) is 1.38. The highest BCUT2D eigenvalue weighted by atomic mass is 19.3. The van der Waals surface area contributed by atoms with Gasteiger partial charge in [-0.05, 0) is 31.0 Å². The normalized spacial score (nSPS) is 15.4. The third-order valence-electron chi connectivity index (χ3n) is 2.78. The Morgan fingerprint density at radius 1 is 1.29 bits per heavy atom. The van der Waals surface area contributed by atoms with Gasteiger partial charge in [-0.25, -0.2) is 0 Å². The second-order valence-corrected chi connectivity index (χ2v) is 4.03. The van der Waals surface area contributed by atoms with Gasteiger partial charge in [0.1, 0.15) is 0 Å². The molecule has 0 bridgehead atoms. The smallest absolute Gasteiger partial charge is 0.315 e. The topological polar surface area (TPSA) is 32.3 Å². The van der Waals surface area contributed by atoms with Gasteiger partial charge >= 0.3 is 6.43 Å². The van der Waals surface area contributed by atoms with E-state index in [9.17, 15) is 13.6 Å². The molecule has 92 valence electrons. The molecule has 5 heteroatoms. The molecule has 0 saturated carbocycles. The molecule has 1 N–H and O–H groups in total. The molecule has 1 aromatic carbocycles. The molecule has 1 aromatic rings. The van der Waals surface area contributed by atoms with Gasteiger partial charge in [-0.2, -0.15) is 8.78 Å². The molecule has 1 fully saturated rings. The second kappa shape index (κ2) is 5.12. The number of hydrogen-bond acceptors (Lipinski definition) is 2. The Labute approximate surface area is 98.4 Å². The van der Waals surface area contributed by atoms with Crippen LogP contribution < -0.4 is 10.2 Å². The first-order valence-corrected chi connectivity index (χ1v) is 5.61. The molecule has 1 saturated heterocycles. The number of benzene rings is 1. The predicted molar refractivity (Wildman–Crippen MR) is 62.5 cm³/mol. The molecule has 0 spiro atoms. The van der Waals surface area contributed by atoms with E-state index in [4.69, 9.17) is 0 Å². The van der Waals surface area contributed by atoms with E-state index in [0.29, 0.717) is 5.69 Å². The van der Waals surface area contributed by atoms with Crippen LogP contribution >= 0.6 is 0 Å². The molecule has 1 aliphatic heterocycles. The lowest BCUT2D eigenvalue weighted by Crippen LogP contribution is -2.21. The first-order valence-electron chi connectivity index (χ1n) is 5.61. The third kappa shape index (κ3) is 2.93. The van der Waals surface area contributed by atoms with Crippen LogP contribution in [-0.2, 0) is 4.79 Å². The fourth-order valence-corrected chi connectivity index (χ4v) is 1.95. The Morgan fingerprint density at radius 3 is 2.65 bits per heavy atom. The highest BCUT2D eigenvalue weighted by molar-refractivity contribution is 5.93. The van der Waals surface area contributed by atoms with E-state index in [-0.39, 0.29) is 0 Å². The summed E-state index contributed by atoms with van der Waals surface area (Å²) in [6.45, 7) is 1.96. The van der Waals surface area contributed by atoms with Crippen LogP contribution in [0.4, 0.5) is 20.2 Å². The molecule has 0 aromatic heterocycles. The average Bonchev–Trinajstić information content (AvgIpc) is 2.82. The third-order valence-corrected chi connectivity index (χ3v) is 2.78. The Kier molecular flexibility index (Phi) is 3.56. The quantitative estimate of drug-likeness (QED) is 0.880. The van der Waals surface area contributed by atoms with Gasteiger partial charge < -0.3 is 10.2 Å². The number of halogens is 2. The zero-order valence-corrected chi connectivity index (χ0v) is 9.33. The minimum atomic E-state index is -2.98. The first-order chi connectivity index (χ1) is 8.16. The Morgan fingerprint density at radius 2 is 2.00 bits per heavy atom. The number of alkyl halides is 2. The number of nitrogens with one attached hydrogen (secondary N) is 1. The van der Waals surface area contributed by atoms with Gasteiger partial charge in [-0.1, -0.05) is 6.07 Å². The summed E-state index contributed by atoms with van der Waals surface area (Å²) < 4.78 is 24.2. The van der Waals surface area contributed by atoms with Crippen molar-refractivity contribution in [3.63, 3.8) is 0 Å². The Bertz CT molecular complexity index is 403. The number of rotatable bonds is 3. The standard InChI is InChI=1S/C12H14F2N2O/c13-11(14)12(17)15-9-4-3-5-10(8-9)16-6-1-2-7-16/h3-5,8,11H,1-2,6-7H2,(H,15,17). The number of carbonyl (C=O) groups is 1. The number of nitrogens with zero attached hydrogens (tertiary/aromatic N) is 1. The van der Waals surface area contributed by atoms with Crippen molar-refractivity contribution in [1.29, 1.82) is 0 Å². The molecule has 0 radical (unpaired) electrons. The summed E-state index contributed by atoms with van der Waals surface area (Å²) in [7, 11) is 0. The summed E-state index contributed by atoms with van der Waals surface area (Å²) in [4.78, 5) is 13.0. The maximum atomic E-state index is 12.1. The van der Waals surface area contributed by atoms with Crippen LogP contribution in [0.5, 0.6) is 0 Å². The van der Waals surface area contributed by atoms with Crippen LogP contribution in [0.25, 0.3) is 0 Å². The lowest BCUT2D eigenvalue weighted by atomic mass is 10.2. The monoisotopic (exact) mass is 240 g/mol. The lowest BCUT2D eigenvalue weighted by Gasteiger charge is -2.18. The molecule has 1 amide bonds. The van der Waals surface area contributed by atoms with Crippen molar-refractivity contribution in [2.45, 2.75) is 19.3 Å². The highest BCUT2D eigenvalue weighted by Crippen LogP contribution is 2.23. The van der Waals surface area contributed by atoms with E-state index in [1.807, 2.05) is 6.07 Å². The van der Waals surface area contributed by atoms with Crippen molar-refractivity contribution in [2.24, 2.45) is 0 Å². The Balaban J connectivity index is 2.08. The largest absolute Gasteiger partial charge is 0.371 e. The van der Waals surface area contributed by atoms with Crippen LogP contribution in [0.2, 0.25) is 0 Å². The van der Waals surface area contributed by atoms with E-state index < -0.39 is 12.3 Å². The number of amides is 1. The van der Waals surface area contributed by atoms with Crippen LogP contribution in [0, 0.1) is 0 Å². The molecule has 3 nitrogen and oxygen atoms in total. The lowest BCUT2D eigenvalue weighted by molar-refractivity contribution is -0.126. The average molecular weight is 240 g/mol. The fraction of sp³-hybridized carbons (Fsp3) is 0.417. The molecule has 0 aliphatic carbocycles. The molecule has 0 unspecified atom stereocenters. The summed E-state index contributed by atoms with van der Waals surface area (Å²) in [6, 6.07) is 7.02. The SMILES string of the molecule is O=C(Nc1cccc(N2CCCC2)c1)C(F)F. The van der Waals surface area contributed by atoms with Crippen molar-refractivity contribution < 1.29 is 13.6 Å². The van der Waals surface area contributed by atoms with Crippen molar-refractivity contribution in [2.75, 3.05) is 23.3 Å². The number of hydrogen-bond donors (Lipinski definition) is 1. The minimum Gasteiger partial charge on any atom is -0.371 e. The molecule has 1 aliphatic rings. The maximum Gasteiger partial charge on any atom is 0.315 e. The fourth-order valence-electron chi connectivity index (χ4n) is 1.95. The van der Waals surface area contributed by atoms with Crippen LogP contribution in [0.3, 0.4) is 0 Å². The van der Waals surface area contributed by atoms with Crippen molar-refractivity contribution in [3.05, 3.63) is 24.3 Å². The van der Waals surface area contributed by atoms with Gasteiger partial charge in [-0.3, -0.25) is 4.79 Å². The maximum absolute atomic E-state index is 12.1. The minimum absolute atomic E-state index is 0.416. The molecule has 1 heterocycles. The second-order valence-electron chi connectivity index (χ2n) is 4.03. The summed E-state index contributed by atoms with van der Waals surface area (Å²) >= 11 is 0.